The molecule has 2 heterocycles. The zero-order valence-electron chi connectivity index (χ0n) is 12.9. The molecule has 1 fully saturated rings. The molecule has 0 radical (unpaired) electrons. The Labute approximate surface area is 129 Å². The first-order chi connectivity index (χ1) is 10.5. The summed E-state index contributed by atoms with van der Waals surface area (Å²) in [7, 11) is 0. The van der Waals surface area contributed by atoms with Gasteiger partial charge in [0.15, 0.2) is 0 Å². The number of hydrogen-bond acceptors (Lipinski definition) is 3. The third-order valence-electron chi connectivity index (χ3n) is 3.73. The van der Waals surface area contributed by atoms with E-state index in [2.05, 4.69) is 16.0 Å². The summed E-state index contributed by atoms with van der Waals surface area (Å²) in [5.74, 6) is 0.866. The van der Waals surface area contributed by atoms with Crippen molar-refractivity contribution in [3.8, 4) is 0 Å². The molecule has 1 amide bonds. The molecule has 6 heteroatoms. The lowest BCUT2D eigenvalue weighted by atomic mass is 9.96. The van der Waals surface area contributed by atoms with Gasteiger partial charge in [0.05, 0.1) is 11.0 Å². The molecular weight excluding hydrogens is 282 g/mol. The molecule has 1 aromatic carbocycles. The van der Waals surface area contributed by atoms with E-state index >= 15 is 0 Å². The number of H-pyrrole nitrogens is 1. The van der Waals surface area contributed by atoms with E-state index in [-0.39, 0.29) is 5.91 Å². The van der Waals surface area contributed by atoms with Crippen LogP contribution in [-0.2, 0) is 9.59 Å². The highest BCUT2D eigenvalue weighted by Crippen LogP contribution is 2.27. The summed E-state index contributed by atoms with van der Waals surface area (Å²) in [4.78, 5) is 30.2. The van der Waals surface area contributed by atoms with Crippen LogP contribution in [0.15, 0.2) is 24.3 Å². The van der Waals surface area contributed by atoms with Crippen LogP contribution in [0.4, 0.5) is 0 Å². The van der Waals surface area contributed by atoms with Crippen molar-refractivity contribution in [1.29, 1.82) is 0 Å². The number of carboxylic acid groups (broad SMARTS) is 1. The Bertz CT molecular complexity index is 620. The highest BCUT2D eigenvalue weighted by molar-refractivity contribution is 5.75. The number of imidazole rings is 1. The molecule has 1 aliphatic rings. The first kappa shape index (κ1) is 16.0. The molecule has 2 aromatic rings. The zero-order chi connectivity index (χ0) is 16.1. The Kier molecular flexibility index (Phi) is 5.14. The normalized spacial score (nSPS) is 15.3. The number of nitrogens with one attached hydrogen (secondary N) is 1. The molecule has 0 saturated carbocycles. The van der Waals surface area contributed by atoms with E-state index < -0.39 is 5.97 Å². The van der Waals surface area contributed by atoms with E-state index in [1.54, 1.807) is 6.92 Å². The van der Waals surface area contributed by atoms with Crippen LogP contribution in [0.25, 0.3) is 11.0 Å². The van der Waals surface area contributed by atoms with Crippen molar-refractivity contribution in [2.45, 2.75) is 32.6 Å². The van der Waals surface area contributed by atoms with Crippen LogP contribution >= 0.6 is 0 Å². The molecule has 0 spiro atoms. The topological polar surface area (TPSA) is 86.3 Å². The van der Waals surface area contributed by atoms with E-state index in [4.69, 9.17) is 9.90 Å². The average Bonchev–Trinajstić information content (AvgIpc) is 2.90. The van der Waals surface area contributed by atoms with E-state index in [1.807, 2.05) is 23.1 Å². The summed E-state index contributed by atoms with van der Waals surface area (Å²) >= 11 is 0. The van der Waals surface area contributed by atoms with Gasteiger partial charge in [-0.15, -0.1) is 0 Å². The summed E-state index contributed by atoms with van der Waals surface area (Å²) in [5.41, 5.74) is 2.13. The standard InChI is InChI=1S/C14H17N3O.C2H4O2/c1-10(18)17-8-6-11(7-9-17)14-15-12-4-2-3-5-13(12)16-14;1-2(3)4/h2-5,11H,6-9H2,1H3,(H,15,16);1H3,(H,3,4). The summed E-state index contributed by atoms with van der Waals surface area (Å²) in [6, 6.07) is 8.10. The Hall–Kier alpha value is -2.37. The molecule has 1 aromatic heterocycles. The molecule has 6 nitrogen and oxygen atoms in total. The van der Waals surface area contributed by atoms with Gasteiger partial charge in [0.2, 0.25) is 5.91 Å². The highest BCUT2D eigenvalue weighted by Gasteiger charge is 2.23. The van der Waals surface area contributed by atoms with Gasteiger partial charge in [-0.05, 0) is 25.0 Å². The molecule has 0 atom stereocenters. The summed E-state index contributed by atoms with van der Waals surface area (Å²) in [6.07, 6.45) is 2.00. The first-order valence-electron chi connectivity index (χ1n) is 7.37. The number of carboxylic acids is 1. The number of aromatic nitrogens is 2. The van der Waals surface area contributed by atoms with Gasteiger partial charge in [0.1, 0.15) is 5.82 Å². The zero-order valence-corrected chi connectivity index (χ0v) is 12.9. The number of piperidine rings is 1. The SMILES string of the molecule is CC(=O)N1CCC(c2nc3ccccc3[nH]2)CC1.CC(=O)O. The van der Waals surface area contributed by atoms with Gasteiger partial charge in [-0.25, -0.2) is 4.98 Å². The minimum Gasteiger partial charge on any atom is -0.481 e. The van der Waals surface area contributed by atoms with Crippen LogP contribution in [0.3, 0.4) is 0 Å². The van der Waals surface area contributed by atoms with Crippen LogP contribution in [-0.4, -0.2) is 44.9 Å². The molecule has 2 N–H and O–H groups in total. The molecule has 1 saturated heterocycles. The van der Waals surface area contributed by atoms with Crippen molar-refractivity contribution < 1.29 is 14.7 Å². The molecular formula is C16H21N3O3. The molecule has 118 valence electrons. The number of likely N-dealkylation sites (tertiary alicyclic amines) is 1. The molecule has 3 rings (SSSR count). The van der Waals surface area contributed by atoms with E-state index in [1.165, 1.54) is 0 Å². The predicted octanol–water partition coefficient (Wildman–Crippen LogP) is 2.38. The Balaban J connectivity index is 0.000000396. The number of para-hydroxylation sites is 2. The maximum atomic E-state index is 11.3. The number of fused-ring (bicyclic) bond motifs is 1. The predicted molar refractivity (Wildman–Crippen MR) is 83.6 cm³/mol. The fourth-order valence-electron chi connectivity index (χ4n) is 2.63. The maximum Gasteiger partial charge on any atom is 0.300 e. The number of hydrogen-bond donors (Lipinski definition) is 2. The summed E-state index contributed by atoms with van der Waals surface area (Å²) in [6.45, 7) is 4.41. The van der Waals surface area contributed by atoms with Gasteiger partial charge in [-0.1, -0.05) is 12.1 Å². The third-order valence-corrected chi connectivity index (χ3v) is 3.73. The summed E-state index contributed by atoms with van der Waals surface area (Å²) < 4.78 is 0. The van der Waals surface area contributed by atoms with Gasteiger partial charge >= 0.3 is 0 Å². The molecule has 0 aliphatic carbocycles. The summed E-state index contributed by atoms with van der Waals surface area (Å²) in [5, 5.41) is 7.42. The van der Waals surface area contributed by atoms with Crippen LogP contribution in [0.2, 0.25) is 0 Å². The van der Waals surface area contributed by atoms with Gasteiger partial charge in [0.25, 0.3) is 5.97 Å². The second kappa shape index (κ2) is 7.06. The van der Waals surface area contributed by atoms with Crippen LogP contribution < -0.4 is 0 Å². The lowest BCUT2D eigenvalue weighted by Crippen LogP contribution is -2.36. The second-order valence-electron chi connectivity index (χ2n) is 5.44. The number of benzene rings is 1. The third kappa shape index (κ3) is 4.07. The first-order valence-corrected chi connectivity index (χ1v) is 7.37. The smallest absolute Gasteiger partial charge is 0.300 e. The second-order valence-corrected chi connectivity index (χ2v) is 5.44. The van der Waals surface area contributed by atoms with Crippen molar-refractivity contribution in [2.24, 2.45) is 0 Å². The number of aromatic amines is 1. The number of nitrogens with zero attached hydrogens (tertiary/aromatic N) is 2. The molecule has 0 unspecified atom stereocenters. The quantitative estimate of drug-likeness (QED) is 0.847. The Morgan fingerprint density at radius 1 is 1.23 bits per heavy atom. The number of carbonyl (C=O) groups is 2. The van der Waals surface area contributed by atoms with Crippen LogP contribution in [0.1, 0.15) is 38.4 Å². The number of carbonyl (C=O) groups excluding carboxylic acids is 1. The van der Waals surface area contributed by atoms with Crippen LogP contribution in [0, 0.1) is 0 Å². The minimum absolute atomic E-state index is 0.179. The maximum absolute atomic E-state index is 11.3. The average molecular weight is 303 g/mol. The van der Waals surface area contributed by atoms with Crippen molar-refractivity contribution in [1.82, 2.24) is 14.9 Å². The van der Waals surface area contributed by atoms with Gasteiger partial charge in [-0.3, -0.25) is 9.59 Å². The largest absolute Gasteiger partial charge is 0.481 e. The molecule has 1 aliphatic heterocycles. The van der Waals surface area contributed by atoms with Crippen molar-refractivity contribution in [3.63, 3.8) is 0 Å². The number of aliphatic carboxylic acids is 1. The molecule has 22 heavy (non-hydrogen) atoms. The number of amides is 1. The Morgan fingerprint density at radius 3 is 2.36 bits per heavy atom. The number of rotatable bonds is 1. The van der Waals surface area contributed by atoms with Gasteiger partial charge in [-0.2, -0.15) is 0 Å². The Morgan fingerprint density at radius 2 is 1.82 bits per heavy atom. The fraction of sp³-hybridized carbons (Fsp3) is 0.438. The van der Waals surface area contributed by atoms with Gasteiger partial charge < -0.3 is 15.0 Å². The van der Waals surface area contributed by atoms with E-state index in [9.17, 15) is 4.79 Å². The van der Waals surface area contributed by atoms with Crippen LogP contribution in [0.5, 0.6) is 0 Å². The van der Waals surface area contributed by atoms with Crippen molar-refractivity contribution in [3.05, 3.63) is 30.1 Å². The van der Waals surface area contributed by atoms with Crippen molar-refractivity contribution in [2.75, 3.05) is 13.1 Å². The monoisotopic (exact) mass is 303 g/mol. The fourth-order valence-corrected chi connectivity index (χ4v) is 2.63. The van der Waals surface area contributed by atoms with Gasteiger partial charge in [0, 0.05) is 32.9 Å². The van der Waals surface area contributed by atoms with E-state index in [0.29, 0.717) is 5.92 Å². The molecule has 0 bridgehead atoms. The lowest BCUT2D eigenvalue weighted by molar-refractivity contribution is -0.134. The van der Waals surface area contributed by atoms with Crippen molar-refractivity contribution >= 4 is 22.9 Å². The highest BCUT2D eigenvalue weighted by atomic mass is 16.4. The minimum atomic E-state index is -0.833. The van der Waals surface area contributed by atoms with E-state index in [0.717, 1.165) is 49.7 Å². The lowest BCUT2D eigenvalue weighted by Gasteiger charge is -2.30.